The van der Waals surface area contributed by atoms with E-state index < -0.39 is 0 Å². The van der Waals surface area contributed by atoms with Gasteiger partial charge in [0.2, 0.25) is 5.82 Å². The van der Waals surface area contributed by atoms with Gasteiger partial charge in [0.1, 0.15) is 0 Å². The van der Waals surface area contributed by atoms with Crippen molar-refractivity contribution in [3.63, 3.8) is 0 Å². The van der Waals surface area contributed by atoms with Crippen LogP contribution in [0.5, 0.6) is 0 Å². The first kappa shape index (κ1) is 14.7. The van der Waals surface area contributed by atoms with Gasteiger partial charge in [-0.15, -0.1) is 0 Å². The van der Waals surface area contributed by atoms with E-state index in [1.807, 2.05) is 30.3 Å². The topological polar surface area (TPSA) is 43.9 Å². The quantitative estimate of drug-likeness (QED) is 0.518. The van der Waals surface area contributed by atoms with Gasteiger partial charge in [-0.25, -0.2) is 0 Å². The van der Waals surface area contributed by atoms with Crippen molar-refractivity contribution in [3.05, 3.63) is 60.3 Å². The molecule has 0 radical (unpaired) electrons. The summed E-state index contributed by atoms with van der Waals surface area (Å²) in [6, 6.07) is 16.9. The molecule has 0 spiro atoms. The second kappa shape index (κ2) is 5.64. The van der Waals surface area contributed by atoms with Gasteiger partial charge < -0.3 is 9.09 Å². The predicted molar refractivity (Wildman–Crippen MR) is 95.8 cm³/mol. The Balaban J connectivity index is 1.71. The largest absolute Gasteiger partial charge is 0.345 e. The maximum absolute atomic E-state index is 5.43. The maximum atomic E-state index is 5.43. The van der Waals surface area contributed by atoms with E-state index in [0.717, 1.165) is 11.1 Å². The predicted octanol–water partition coefficient (Wildman–Crippen LogP) is 5.25. The van der Waals surface area contributed by atoms with E-state index in [1.165, 1.54) is 16.5 Å². The van der Waals surface area contributed by atoms with Crippen LogP contribution in [0.4, 0.5) is 0 Å². The van der Waals surface area contributed by atoms with Gasteiger partial charge in [-0.05, 0) is 57.2 Å². The maximum Gasteiger partial charge on any atom is 0.258 e. The van der Waals surface area contributed by atoms with E-state index in [4.69, 9.17) is 4.52 Å². The smallest absolute Gasteiger partial charge is 0.258 e. The Bertz CT molecular complexity index is 993. The van der Waals surface area contributed by atoms with Crippen LogP contribution < -0.4 is 0 Å². The van der Waals surface area contributed by atoms with Crippen LogP contribution in [0.3, 0.4) is 0 Å². The Morgan fingerprint density at radius 3 is 2.46 bits per heavy atom. The van der Waals surface area contributed by atoms with Gasteiger partial charge in [0, 0.05) is 34.3 Å². The minimum Gasteiger partial charge on any atom is -0.345 e. The highest BCUT2D eigenvalue weighted by Gasteiger charge is 2.12. The van der Waals surface area contributed by atoms with Crippen LogP contribution in [0.1, 0.15) is 25.5 Å². The van der Waals surface area contributed by atoms with E-state index in [0.29, 0.717) is 17.8 Å². The van der Waals surface area contributed by atoms with Crippen molar-refractivity contribution in [1.29, 1.82) is 0 Å². The summed E-state index contributed by atoms with van der Waals surface area (Å²) in [6.07, 6.45) is 2.12. The highest BCUT2D eigenvalue weighted by atomic mass is 16.5. The average Bonchev–Trinajstić information content (AvgIpc) is 3.22. The molecule has 2 aromatic heterocycles. The summed E-state index contributed by atoms with van der Waals surface area (Å²) >= 11 is 0. The van der Waals surface area contributed by atoms with E-state index in [9.17, 15) is 0 Å². The van der Waals surface area contributed by atoms with Crippen molar-refractivity contribution in [3.8, 4) is 22.8 Å². The van der Waals surface area contributed by atoms with Gasteiger partial charge in [-0.2, -0.15) is 4.98 Å². The molecule has 0 aliphatic carbocycles. The molecule has 4 heteroatoms. The van der Waals surface area contributed by atoms with Crippen LogP contribution in [-0.2, 0) is 0 Å². The van der Waals surface area contributed by atoms with Crippen LogP contribution in [0.15, 0.2) is 59.3 Å². The molecule has 0 amide bonds. The molecule has 24 heavy (non-hydrogen) atoms. The molecule has 0 saturated carbocycles. The highest BCUT2D eigenvalue weighted by Crippen LogP contribution is 2.27. The van der Waals surface area contributed by atoms with E-state index >= 15 is 0 Å². The zero-order valence-electron chi connectivity index (χ0n) is 14.0. The molecule has 4 rings (SSSR count). The molecule has 4 aromatic rings. The first-order valence-corrected chi connectivity index (χ1v) is 8.13. The number of benzene rings is 2. The molecule has 0 aliphatic rings. The Morgan fingerprint density at radius 1 is 0.958 bits per heavy atom. The van der Waals surface area contributed by atoms with Crippen LogP contribution >= 0.6 is 0 Å². The fraction of sp³-hybridized carbons (Fsp3) is 0.200. The number of hydrogen-bond acceptors (Lipinski definition) is 3. The van der Waals surface area contributed by atoms with Gasteiger partial charge >= 0.3 is 0 Å². The number of aromatic nitrogens is 3. The zero-order chi connectivity index (χ0) is 16.7. The number of aryl methyl sites for hydroxylation is 1. The number of nitrogens with zero attached hydrogens (tertiary/aromatic N) is 3. The lowest BCUT2D eigenvalue weighted by Gasteiger charge is -2.09. The second-order valence-corrected chi connectivity index (χ2v) is 6.38. The van der Waals surface area contributed by atoms with Crippen molar-refractivity contribution >= 4 is 10.9 Å². The molecule has 120 valence electrons. The summed E-state index contributed by atoms with van der Waals surface area (Å²) < 4.78 is 7.69. The van der Waals surface area contributed by atoms with Crippen molar-refractivity contribution in [2.75, 3.05) is 0 Å². The lowest BCUT2D eigenvalue weighted by Crippen LogP contribution is -1.97. The Morgan fingerprint density at radius 2 is 1.71 bits per heavy atom. The molecule has 2 heterocycles. The van der Waals surface area contributed by atoms with Gasteiger partial charge in [0.05, 0.1) is 0 Å². The van der Waals surface area contributed by atoms with E-state index in [2.05, 4.69) is 59.9 Å². The van der Waals surface area contributed by atoms with Crippen LogP contribution in [0.2, 0.25) is 0 Å². The second-order valence-electron chi connectivity index (χ2n) is 6.38. The van der Waals surface area contributed by atoms with Gasteiger partial charge in [0.25, 0.3) is 5.89 Å². The summed E-state index contributed by atoms with van der Waals surface area (Å²) in [5.74, 6) is 1.16. The first-order chi connectivity index (χ1) is 11.6. The molecule has 4 nitrogen and oxygen atoms in total. The summed E-state index contributed by atoms with van der Waals surface area (Å²) in [6.45, 7) is 6.42. The summed E-state index contributed by atoms with van der Waals surface area (Å²) in [4.78, 5) is 4.54. The molecular weight excluding hydrogens is 298 g/mol. The average molecular weight is 317 g/mol. The number of fused-ring (bicyclic) bond motifs is 1. The van der Waals surface area contributed by atoms with Gasteiger partial charge in [0.15, 0.2) is 0 Å². The molecular formula is C20H19N3O. The zero-order valence-corrected chi connectivity index (χ0v) is 14.0. The van der Waals surface area contributed by atoms with Crippen LogP contribution in [-0.4, -0.2) is 14.7 Å². The normalized spacial score (nSPS) is 11.5. The standard InChI is InChI=1S/C20H19N3O/c1-13(2)23-11-10-16-12-17(8-9-18(16)23)19-21-20(24-22-19)15-6-4-14(3)5-7-15/h4-13H,1-3H3. The fourth-order valence-electron chi connectivity index (χ4n) is 2.91. The van der Waals surface area contributed by atoms with Crippen molar-refractivity contribution < 1.29 is 4.52 Å². The van der Waals surface area contributed by atoms with E-state index in [1.54, 1.807) is 0 Å². The van der Waals surface area contributed by atoms with Crippen molar-refractivity contribution in [2.24, 2.45) is 0 Å². The molecule has 0 atom stereocenters. The lowest BCUT2D eigenvalue weighted by molar-refractivity contribution is 0.432. The number of hydrogen-bond donors (Lipinski definition) is 0. The van der Waals surface area contributed by atoms with Crippen LogP contribution in [0.25, 0.3) is 33.7 Å². The van der Waals surface area contributed by atoms with Gasteiger partial charge in [-0.1, -0.05) is 22.9 Å². The summed E-state index contributed by atoms with van der Waals surface area (Å²) in [5, 5.41) is 5.32. The van der Waals surface area contributed by atoms with Crippen molar-refractivity contribution in [2.45, 2.75) is 26.8 Å². The molecule has 0 bridgehead atoms. The third-order valence-electron chi connectivity index (χ3n) is 4.26. The fourth-order valence-corrected chi connectivity index (χ4v) is 2.91. The minimum atomic E-state index is 0.437. The minimum absolute atomic E-state index is 0.437. The Hall–Kier alpha value is -2.88. The third kappa shape index (κ3) is 2.50. The first-order valence-electron chi connectivity index (χ1n) is 8.13. The molecule has 0 unspecified atom stereocenters. The summed E-state index contributed by atoms with van der Waals surface area (Å²) in [7, 11) is 0. The van der Waals surface area contributed by atoms with Gasteiger partial charge in [-0.3, -0.25) is 0 Å². The Kier molecular flexibility index (Phi) is 3.45. The number of rotatable bonds is 3. The summed E-state index contributed by atoms with van der Waals surface area (Å²) in [5.41, 5.74) is 4.33. The van der Waals surface area contributed by atoms with Crippen molar-refractivity contribution in [1.82, 2.24) is 14.7 Å². The lowest BCUT2D eigenvalue weighted by atomic mass is 10.1. The Labute approximate surface area is 140 Å². The molecule has 2 aromatic carbocycles. The molecule has 0 aliphatic heterocycles. The molecule has 0 N–H and O–H groups in total. The van der Waals surface area contributed by atoms with E-state index in [-0.39, 0.29) is 0 Å². The third-order valence-corrected chi connectivity index (χ3v) is 4.26. The highest BCUT2D eigenvalue weighted by molar-refractivity contribution is 5.84. The molecule has 0 saturated heterocycles. The SMILES string of the molecule is Cc1ccc(-c2nc(-c3ccc4c(ccn4C(C)C)c3)no2)cc1. The molecule has 0 fully saturated rings. The van der Waals surface area contributed by atoms with Crippen LogP contribution in [0, 0.1) is 6.92 Å². The monoisotopic (exact) mass is 317 g/mol.